The molecule has 0 aliphatic heterocycles. The van der Waals surface area contributed by atoms with Gasteiger partial charge in [0.15, 0.2) is 5.78 Å². The van der Waals surface area contributed by atoms with Crippen LogP contribution in [-0.4, -0.2) is 12.9 Å². The summed E-state index contributed by atoms with van der Waals surface area (Å²) in [6.45, 7) is 3.28. The van der Waals surface area contributed by atoms with Crippen LogP contribution in [0.3, 0.4) is 0 Å². The van der Waals surface area contributed by atoms with E-state index in [2.05, 4.69) is 6.58 Å². The number of hydrogen-bond donors (Lipinski definition) is 0. The topological polar surface area (TPSA) is 26.3 Å². The van der Waals surface area contributed by atoms with Gasteiger partial charge in [-0.05, 0) is 24.3 Å². The van der Waals surface area contributed by atoms with Gasteiger partial charge in [-0.1, -0.05) is 6.58 Å². The lowest BCUT2D eigenvalue weighted by atomic mass is 10.1. The third-order valence-corrected chi connectivity index (χ3v) is 1.62. The van der Waals surface area contributed by atoms with Crippen molar-refractivity contribution in [3.05, 3.63) is 42.2 Å². The highest BCUT2D eigenvalue weighted by Crippen LogP contribution is 2.16. The number of ketones is 1. The lowest BCUT2D eigenvalue weighted by Crippen LogP contribution is -1.98. The third kappa shape index (κ3) is 1.93. The van der Waals surface area contributed by atoms with Crippen molar-refractivity contribution in [3.8, 4) is 5.75 Å². The van der Waals surface area contributed by atoms with E-state index < -0.39 is 11.6 Å². The van der Waals surface area contributed by atoms with E-state index in [1.165, 1.54) is 25.3 Å². The lowest BCUT2D eigenvalue weighted by Gasteiger charge is -2.02. The molecule has 3 heteroatoms. The molecular formula is C10H9FO2. The molecule has 0 radical (unpaired) electrons. The minimum atomic E-state index is -0.564. The maximum absolute atomic E-state index is 13.0. The molecule has 0 spiro atoms. The summed E-state index contributed by atoms with van der Waals surface area (Å²) in [5, 5.41) is 0. The molecular weight excluding hydrogens is 171 g/mol. The van der Waals surface area contributed by atoms with Crippen molar-refractivity contribution in [2.75, 3.05) is 7.11 Å². The summed E-state index contributed by atoms with van der Waals surface area (Å²) in [5.41, 5.74) is -0.0191. The fourth-order valence-electron chi connectivity index (χ4n) is 0.930. The number of hydrogen-bond acceptors (Lipinski definition) is 2. The Kier molecular flexibility index (Phi) is 2.80. The lowest BCUT2D eigenvalue weighted by molar-refractivity contribution is 0.104. The van der Waals surface area contributed by atoms with Gasteiger partial charge in [-0.3, -0.25) is 4.79 Å². The summed E-state index contributed by atoms with van der Waals surface area (Å²) in [4.78, 5) is 11.1. The van der Waals surface area contributed by atoms with Gasteiger partial charge in [-0.15, -0.1) is 0 Å². The first kappa shape index (κ1) is 9.45. The highest BCUT2D eigenvalue weighted by atomic mass is 19.1. The molecule has 68 valence electrons. The summed E-state index contributed by atoms with van der Waals surface area (Å²) in [7, 11) is 1.45. The summed E-state index contributed by atoms with van der Waals surface area (Å²) >= 11 is 0. The molecule has 0 bridgehead atoms. The number of benzene rings is 1. The number of carbonyl (C=O) groups excluding carboxylic acids is 1. The monoisotopic (exact) mass is 180 g/mol. The average molecular weight is 180 g/mol. The zero-order valence-electron chi connectivity index (χ0n) is 7.21. The Hall–Kier alpha value is -1.64. The van der Waals surface area contributed by atoms with Crippen molar-refractivity contribution in [1.82, 2.24) is 0 Å². The van der Waals surface area contributed by atoms with E-state index in [9.17, 15) is 9.18 Å². The van der Waals surface area contributed by atoms with Crippen LogP contribution in [0.5, 0.6) is 5.75 Å². The minimum Gasteiger partial charge on any atom is -0.497 e. The third-order valence-electron chi connectivity index (χ3n) is 1.62. The summed E-state index contributed by atoms with van der Waals surface area (Å²) in [6, 6.07) is 3.99. The Labute approximate surface area is 75.6 Å². The first-order valence-electron chi connectivity index (χ1n) is 3.69. The van der Waals surface area contributed by atoms with Crippen molar-refractivity contribution < 1.29 is 13.9 Å². The summed E-state index contributed by atoms with van der Waals surface area (Å²) in [5.74, 6) is -0.561. The number of rotatable bonds is 3. The number of methoxy groups -OCH3 is 1. The van der Waals surface area contributed by atoms with E-state index in [-0.39, 0.29) is 5.56 Å². The SMILES string of the molecule is C=CC(=O)c1cc(OC)ccc1F. The zero-order chi connectivity index (χ0) is 9.84. The van der Waals surface area contributed by atoms with Crippen molar-refractivity contribution in [3.63, 3.8) is 0 Å². The van der Waals surface area contributed by atoms with Gasteiger partial charge in [0, 0.05) is 0 Å². The van der Waals surface area contributed by atoms with E-state index in [1.54, 1.807) is 0 Å². The predicted octanol–water partition coefficient (Wildman–Crippen LogP) is 2.20. The van der Waals surface area contributed by atoms with E-state index in [0.29, 0.717) is 5.75 Å². The van der Waals surface area contributed by atoms with Crippen LogP contribution in [0.4, 0.5) is 4.39 Å². The van der Waals surface area contributed by atoms with Crippen molar-refractivity contribution in [2.45, 2.75) is 0 Å². The first-order valence-corrected chi connectivity index (χ1v) is 3.69. The quantitative estimate of drug-likeness (QED) is 0.526. The van der Waals surface area contributed by atoms with Crippen LogP contribution in [0.15, 0.2) is 30.9 Å². The van der Waals surface area contributed by atoms with Crippen LogP contribution in [0.2, 0.25) is 0 Å². The second kappa shape index (κ2) is 3.85. The Morgan fingerprint density at radius 2 is 2.31 bits per heavy atom. The fourth-order valence-corrected chi connectivity index (χ4v) is 0.930. The molecule has 0 fully saturated rings. The van der Waals surface area contributed by atoms with E-state index in [4.69, 9.17) is 4.74 Å². The molecule has 1 aromatic rings. The molecule has 0 atom stereocenters. The highest BCUT2D eigenvalue weighted by molar-refractivity contribution is 6.04. The van der Waals surface area contributed by atoms with E-state index in [0.717, 1.165) is 6.08 Å². The van der Waals surface area contributed by atoms with Crippen LogP contribution in [-0.2, 0) is 0 Å². The molecule has 0 aliphatic carbocycles. The Morgan fingerprint density at radius 3 is 2.85 bits per heavy atom. The molecule has 13 heavy (non-hydrogen) atoms. The fraction of sp³-hybridized carbons (Fsp3) is 0.100. The predicted molar refractivity (Wildman–Crippen MR) is 47.5 cm³/mol. The molecule has 0 saturated carbocycles. The molecule has 1 aromatic carbocycles. The van der Waals surface area contributed by atoms with Gasteiger partial charge in [0.1, 0.15) is 11.6 Å². The maximum atomic E-state index is 13.0. The van der Waals surface area contributed by atoms with Gasteiger partial charge in [0.25, 0.3) is 0 Å². The minimum absolute atomic E-state index is 0.0191. The van der Waals surface area contributed by atoms with Gasteiger partial charge in [-0.25, -0.2) is 4.39 Å². The molecule has 1 rings (SSSR count). The average Bonchev–Trinajstić information content (AvgIpc) is 2.17. The van der Waals surface area contributed by atoms with Gasteiger partial charge in [0.05, 0.1) is 12.7 Å². The number of halogens is 1. The molecule has 2 nitrogen and oxygen atoms in total. The molecule has 0 aliphatic rings. The number of allylic oxidation sites excluding steroid dienone is 1. The van der Waals surface area contributed by atoms with Crippen LogP contribution in [0.25, 0.3) is 0 Å². The standard InChI is InChI=1S/C10H9FO2/c1-3-10(12)8-6-7(13-2)4-5-9(8)11/h3-6H,1H2,2H3. The van der Waals surface area contributed by atoms with Gasteiger partial charge in [0.2, 0.25) is 0 Å². The second-order valence-corrected chi connectivity index (χ2v) is 2.41. The smallest absolute Gasteiger partial charge is 0.188 e. The molecule has 0 heterocycles. The van der Waals surface area contributed by atoms with Crippen molar-refractivity contribution >= 4 is 5.78 Å². The summed E-state index contributed by atoms with van der Waals surface area (Å²) in [6.07, 6.45) is 1.07. The van der Waals surface area contributed by atoms with Gasteiger partial charge < -0.3 is 4.74 Å². The molecule has 0 saturated heterocycles. The maximum Gasteiger partial charge on any atom is 0.188 e. The highest BCUT2D eigenvalue weighted by Gasteiger charge is 2.09. The van der Waals surface area contributed by atoms with Crippen LogP contribution in [0, 0.1) is 5.82 Å². The van der Waals surface area contributed by atoms with Crippen molar-refractivity contribution in [2.24, 2.45) is 0 Å². The second-order valence-electron chi connectivity index (χ2n) is 2.41. The molecule has 0 aromatic heterocycles. The normalized spacial score (nSPS) is 9.38. The Balaban J connectivity index is 3.18. The zero-order valence-corrected chi connectivity index (χ0v) is 7.21. The van der Waals surface area contributed by atoms with Crippen LogP contribution < -0.4 is 4.74 Å². The number of carbonyl (C=O) groups is 1. The van der Waals surface area contributed by atoms with Crippen LogP contribution >= 0.6 is 0 Å². The first-order chi connectivity index (χ1) is 6.19. The Bertz CT molecular complexity index is 345. The largest absolute Gasteiger partial charge is 0.497 e. The number of ether oxygens (including phenoxy) is 1. The van der Waals surface area contributed by atoms with Gasteiger partial charge in [-0.2, -0.15) is 0 Å². The van der Waals surface area contributed by atoms with Crippen molar-refractivity contribution in [1.29, 1.82) is 0 Å². The van der Waals surface area contributed by atoms with Gasteiger partial charge >= 0.3 is 0 Å². The van der Waals surface area contributed by atoms with E-state index in [1.807, 2.05) is 0 Å². The molecule has 0 amide bonds. The van der Waals surface area contributed by atoms with E-state index >= 15 is 0 Å². The molecule has 0 N–H and O–H groups in total. The summed E-state index contributed by atoms with van der Waals surface area (Å²) < 4.78 is 17.9. The van der Waals surface area contributed by atoms with Crippen LogP contribution in [0.1, 0.15) is 10.4 Å². The Morgan fingerprint density at radius 1 is 1.62 bits per heavy atom. The molecule has 0 unspecified atom stereocenters.